The zero-order valence-corrected chi connectivity index (χ0v) is 13.9. The molecule has 6 nitrogen and oxygen atoms in total. The third-order valence-corrected chi connectivity index (χ3v) is 4.74. The summed E-state index contributed by atoms with van der Waals surface area (Å²) in [5.41, 5.74) is 0.901. The number of hydrogen-bond donors (Lipinski definition) is 1. The van der Waals surface area contributed by atoms with E-state index in [9.17, 15) is 8.42 Å². The fourth-order valence-electron chi connectivity index (χ4n) is 2.04. The number of aliphatic hydroxyl groups excluding tert-OH is 1. The van der Waals surface area contributed by atoms with E-state index in [2.05, 4.69) is 23.1 Å². The molecule has 1 heterocycles. The smallest absolute Gasteiger partial charge is 0.237 e. The van der Waals surface area contributed by atoms with E-state index in [1.807, 2.05) is 6.08 Å². The van der Waals surface area contributed by atoms with Gasteiger partial charge >= 0.3 is 0 Å². The van der Waals surface area contributed by atoms with Gasteiger partial charge in [-0.3, -0.25) is 4.99 Å². The average molecular weight is 337 g/mol. The van der Waals surface area contributed by atoms with Crippen molar-refractivity contribution in [2.24, 2.45) is 4.99 Å². The molecular formula is C16H23N3O3S. The molecule has 1 aliphatic heterocycles. The van der Waals surface area contributed by atoms with Gasteiger partial charge in [-0.15, -0.1) is 0 Å². The Labute approximate surface area is 138 Å². The molecule has 1 fully saturated rings. The van der Waals surface area contributed by atoms with Crippen LogP contribution in [0.25, 0.3) is 0 Å². The molecule has 0 aromatic carbocycles. The molecule has 7 heteroatoms. The summed E-state index contributed by atoms with van der Waals surface area (Å²) in [5.74, 6) is 0. The molecule has 0 radical (unpaired) electrons. The van der Waals surface area contributed by atoms with Crippen molar-refractivity contribution < 1.29 is 13.5 Å². The van der Waals surface area contributed by atoms with E-state index in [0.29, 0.717) is 26.2 Å². The topological polar surface area (TPSA) is 73.2 Å². The van der Waals surface area contributed by atoms with Crippen molar-refractivity contribution >= 4 is 16.2 Å². The lowest BCUT2D eigenvalue weighted by Crippen LogP contribution is -2.47. The van der Waals surface area contributed by atoms with Crippen LogP contribution in [0.2, 0.25) is 0 Å². The van der Waals surface area contributed by atoms with Gasteiger partial charge in [-0.05, 0) is 12.2 Å². The number of aliphatic imine (C=N–C) groups is 1. The van der Waals surface area contributed by atoms with Gasteiger partial charge in [0.1, 0.15) is 0 Å². The summed E-state index contributed by atoms with van der Waals surface area (Å²) in [6.07, 6.45) is 11.1. The predicted molar refractivity (Wildman–Crippen MR) is 94.4 cm³/mol. The first kappa shape index (κ1) is 19.1. The van der Waals surface area contributed by atoms with Gasteiger partial charge in [-0.25, -0.2) is 8.42 Å². The van der Waals surface area contributed by atoms with Crippen molar-refractivity contribution in [3.05, 3.63) is 60.8 Å². The second kappa shape index (κ2) is 9.94. The number of piperazine rings is 1. The first-order valence-corrected chi connectivity index (χ1v) is 8.71. The van der Waals surface area contributed by atoms with Gasteiger partial charge in [0.25, 0.3) is 0 Å². The summed E-state index contributed by atoms with van der Waals surface area (Å²) in [5, 5.41) is 9.83. The van der Waals surface area contributed by atoms with Crippen molar-refractivity contribution in [3.63, 3.8) is 0 Å². The first-order valence-electron chi connectivity index (χ1n) is 7.21. The molecule has 1 saturated heterocycles. The highest BCUT2D eigenvalue weighted by Crippen LogP contribution is 2.14. The SMILES string of the molecule is C=CC=N/C=C/S(=O)(=O)N1CCN(/C(C=C)=C/C=C/CO)CC1. The van der Waals surface area contributed by atoms with Crippen LogP contribution in [0.5, 0.6) is 0 Å². The van der Waals surface area contributed by atoms with Crippen LogP contribution in [0, 0.1) is 0 Å². The summed E-state index contributed by atoms with van der Waals surface area (Å²) in [6, 6.07) is 0. The van der Waals surface area contributed by atoms with Crippen LogP contribution in [-0.2, 0) is 10.0 Å². The third-order valence-electron chi connectivity index (χ3n) is 3.19. The summed E-state index contributed by atoms with van der Waals surface area (Å²) in [4.78, 5) is 5.83. The van der Waals surface area contributed by atoms with Crippen molar-refractivity contribution in [2.45, 2.75) is 0 Å². The van der Waals surface area contributed by atoms with Gasteiger partial charge in [0.2, 0.25) is 10.0 Å². The van der Waals surface area contributed by atoms with Gasteiger partial charge in [0.05, 0.1) is 12.0 Å². The number of sulfonamides is 1. The maximum absolute atomic E-state index is 12.2. The molecule has 23 heavy (non-hydrogen) atoms. The third kappa shape index (κ3) is 6.35. The Bertz CT molecular complexity index is 610. The predicted octanol–water partition coefficient (Wildman–Crippen LogP) is 1.28. The molecule has 0 aromatic heterocycles. The van der Waals surface area contributed by atoms with Crippen LogP contribution in [0.1, 0.15) is 0 Å². The van der Waals surface area contributed by atoms with Crippen molar-refractivity contribution in [2.75, 3.05) is 32.8 Å². The molecule has 1 N–H and O–H groups in total. The second-order valence-corrected chi connectivity index (χ2v) is 6.47. The number of nitrogens with zero attached hydrogens (tertiary/aromatic N) is 3. The summed E-state index contributed by atoms with van der Waals surface area (Å²) in [7, 11) is -3.45. The standard InChI is InChI=1S/C16H23N3O3S/c1-3-8-17-9-15-23(21,22)19-12-10-18(11-13-19)16(4-2)7-5-6-14-20/h3-9,15,20H,1-2,10-14H2/b6-5+,15-9+,16-7+,17-8?. The molecular weight excluding hydrogens is 314 g/mol. The molecule has 0 spiro atoms. The minimum Gasteiger partial charge on any atom is -0.392 e. The highest BCUT2D eigenvalue weighted by molar-refractivity contribution is 7.92. The van der Waals surface area contributed by atoms with Crippen LogP contribution < -0.4 is 0 Å². The second-order valence-electron chi connectivity index (χ2n) is 4.66. The summed E-state index contributed by atoms with van der Waals surface area (Å²) < 4.78 is 25.7. The van der Waals surface area contributed by atoms with Gasteiger partial charge in [-0.1, -0.05) is 31.4 Å². The van der Waals surface area contributed by atoms with Crippen LogP contribution in [0.3, 0.4) is 0 Å². The Morgan fingerprint density at radius 1 is 1.22 bits per heavy atom. The van der Waals surface area contributed by atoms with E-state index >= 15 is 0 Å². The molecule has 1 rings (SSSR count). The molecule has 0 atom stereocenters. The molecule has 0 saturated carbocycles. The van der Waals surface area contributed by atoms with Crippen LogP contribution in [-0.4, -0.2) is 61.7 Å². The normalized spacial score (nSPS) is 18.3. The van der Waals surface area contributed by atoms with Crippen LogP contribution in [0.4, 0.5) is 0 Å². The molecule has 0 aliphatic carbocycles. The Hall–Kier alpha value is -1.96. The van der Waals surface area contributed by atoms with Crippen molar-refractivity contribution in [3.8, 4) is 0 Å². The van der Waals surface area contributed by atoms with Crippen molar-refractivity contribution in [1.29, 1.82) is 0 Å². The number of aliphatic hydroxyl groups is 1. The van der Waals surface area contributed by atoms with E-state index in [0.717, 1.165) is 11.1 Å². The largest absolute Gasteiger partial charge is 0.392 e. The monoisotopic (exact) mass is 337 g/mol. The number of rotatable bonds is 8. The Balaban J connectivity index is 2.67. The van der Waals surface area contributed by atoms with E-state index in [1.165, 1.54) is 22.8 Å². The Kier molecular flexibility index (Phi) is 8.25. The van der Waals surface area contributed by atoms with Crippen LogP contribution >= 0.6 is 0 Å². The minimum absolute atomic E-state index is 0.0202. The van der Waals surface area contributed by atoms with Gasteiger partial charge < -0.3 is 10.0 Å². The zero-order chi connectivity index (χ0) is 17.1. The lowest BCUT2D eigenvalue weighted by molar-refractivity contribution is 0.235. The molecule has 0 unspecified atom stereocenters. The first-order chi connectivity index (χ1) is 11.0. The lowest BCUT2D eigenvalue weighted by Gasteiger charge is -2.35. The van der Waals surface area contributed by atoms with E-state index in [1.54, 1.807) is 18.2 Å². The number of allylic oxidation sites excluding steroid dienone is 4. The zero-order valence-electron chi connectivity index (χ0n) is 13.1. The van der Waals surface area contributed by atoms with E-state index in [4.69, 9.17) is 5.11 Å². The molecule has 0 aromatic rings. The minimum atomic E-state index is -3.45. The number of hydrogen-bond acceptors (Lipinski definition) is 5. The maximum Gasteiger partial charge on any atom is 0.237 e. The van der Waals surface area contributed by atoms with E-state index < -0.39 is 10.0 Å². The highest BCUT2D eigenvalue weighted by atomic mass is 32.2. The fourth-order valence-corrected chi connectivity index (χ4v) is 3.11. The molecule has 0 amide bonds. The van der Waals surface area contributed by atoms with Gasteiger partial charge in [0.15, 0.2) is 0 Å². The quantitative estimate of drug-likeness (QED) is 0.535. The fraction of sp³-hybridized carbons (Fsp3) is 0.312. The highest BCUT2D eigenvalue weighted by Gasteiger charge is 2.25. The lowest BCUT2D eigenvalue weighted by atomic mass is 10.2. The maximum atomic E-state index is 12.2. The Morgan fingerprint density at radius 2 is 1.91 bits per heavy atom. The summed E-state index contributed by atoms with van der Waals surface area (Å²) in [6.45, 7) is 9.16. The molecule has 1 aliphatic rings. The Morgan fingerprint density at radius 3 is 2.48 bits per heavy atom. The average Bonchev–Trinajstić information content (AvgIpc) is 2.56. The van der Waals surface area contributed by atoms with Crippen molar-refractivity contribution in [1.82, 2.24) is 9.21 Å². The van der Waals surface area contributed by atoms with Crippen LogP contribution in [0.15, 0.2) is 65.8 Å². The summed E-state index contributed by atoms with van der Waals surface area (Å²) >= 11 is 0. The van der Waals surface area contributed by atoms with E-state index in [-0.39, 0.29) is 6.61 Å². The van der Waals surface area contributed by atoms with Gasteiger partial charge in [-0.2, -0.15) is 4.31 Å². The molecule has 0 bridgehead atoms. The van der Waals surface area contributed by atoms with Gasteiger partial charge in [0, 0.05) is 44.3 Å². The molecule has 126 valence electrons.